The van der Waals surface area contributed by atoms with Gasteiger partial charge in [0.15, 0.2) is 10.8 Å². The fourth-order valence-electron chi connectivity index (χ4n) is 1.55. The maximum atomic E-state index is 4.56. The normalized spacial score (nSPS) is 11.4. The lowest BCUT2D eigenvalue weighted by atomic mass is 10.5. The van der Waals surface area contributed by atoms with E-state index in [4.69, 9.17) is 0 Å². The van der Waals surface area contributed by atoms with Crippen molar-refractivity contribution in [1.82, 2.24) is 19.2 Å². The maximum Gasteiger partial charge on any atom is 0.195 e. The van der Waals surface area contributed by atoms with Crippen molar-refractivity contribution < 1.29 is 0 Å². The van der Waals surface area contributed by atoms with E-state index in [2.05, 4.69) is 46.3 Å². The molecule has 3 heterocycles. The molecule has 0 unspecified atom stereocenters. The van der Waals surface area contributed by atoms with Crippen LogP contribution in [0, 0.1) is 0 Å². The first-order valence-electron chi connectivity index (χ1n) is 4.50. The number of halogens is 2. The summed E-state index contributed by atoms with van der Waals surface area (Å²) in [7, 11) is 0. The van der Waals surface area contributed by atoms with Crippen molar-refractivity contribution >= 4 is 48.2 Å². The van der Waals surface area contributed by atoms with Gasteiger partial charge in [-0.2, -0.15) is 10.1 Å². The topological polar surface area (TPSA) is 35.1 Å². The molecule has 0 saturated carbocycles. The van der Waals surface area contributed by atoms with E-state index in [0.717, 1.165) is 26.3 Å². The lowest BCUT2D eigenvalue weighted by Gasteiger charge is -1.99. The fraction of sp³-hybridized carbons (Fsp3) is 0.111. The predicted octanol–water partition coefficient (Wildman–Crippen LogP) is 3.24. The van der Waals surface area contributed by atoms with Crippen molar-refractivity contribution in [2.45, 2.75) is 5.33 Å². The highest BCUT2D eigenvalue weighted by Crippen LogP contribution is 2.23. The zero-order valence-electron chi connectivity index (χ0n) is 7.97. The monoisotopic (exact) mass is 360 g/mol. The molecule has 0 radical (unpaired) electrons. The number of fused-ring (bicyclic) bond motifs is 1. The molecule has 0 amide bonds. The van der Waals surface area contributed by atoms with Crippen LogP contribution in [0.5, 0.6) is 0 Å². The van der Waals surface area contributed by atoms with E-state index in [1.54, 1.807) is 22.2 Å². The second kappa shape index (κ2) is 3.97. The molecule has 0 bridgehead atoms. The number of hydrogen-bond donors (Lipinski definition) is 0. The number of imidazole rings is 1. The van der Waals surface area contributed by atoms with Gasteiger partial charge in [-0.3, -0.25) is 4.40 Å². The highest BCUT2D eigenvalue weighted by atomic mass is 79.9. The van der Waals surface area contributed by atoms with Crippen LogP contribution in [0.3, 0.4) is 0 Å². The Labute approximate surface area is 112 Å². The second-order valence-corrected chi connectivity index (χ2v) is 5.52. The fourth-order valence-corrected chi connectivity index (χ4v) is 3.08. The van der Waals surface area contributed by atoms with Crippen molar-refractivity contribution in [1.29, 1.82) is 0 Å². The minimum absolute atomic E-state index is 0.748. The van der Waals surface area contributed by atoms with E-state index in [-0.39, 0.29) is 0 Å². The molecule has 0 atom stereocenters. The van der Waals surface area contributed by atoms with E-state index >= 15 is 0 Å². The summed E-state index contributed by atoms with van der Waals surface area (Å²) in [6, 6.07) is 0. The van der Waals surface area contributed by atoms with Gasteiger partial charge in [0.1, 0.15) is 0 Å². The Balaban J connectivity index is 2.26. The SMILES string of the molecule is BrCc1c(-n2cc(Br)cn2)nc2sccn12. The van der Waals surface area contributed by atoms with E-state index in [9.17, 15) is 0 Å². The van der Waals surface area contributed by atoms with Crippen LogP contribution in [-0.2, 0) is 5.33 Å². The van der Waals surface area contributed by atoms with Gasteiger partial charge >= 0.3 is 0 Å². The molecule has 3 aromatic heterocycles. The summed E-state index contributed by atoms with van der Waals surface area (Å²) < 4.78 is 4.80. The molecule has 4 nitrogen and oxygen atoms in total. The van der Waals surface area contributed by atoms with Gasteiger partial charge in [-0.25, -0.2) is 4.68 Å². The number of nitrogens with zero attached hydrogens (tertiary/aromatic N) is 4. The maximum absolute atomic E-state index is 4.56. The van der Waals surface area contributed by atoms with Crippen LogP contribution in [0.4, 0.5) is 0 Å². The van der Waals surface area contributed by atoms with Gasteiger partial charge in [-0.1, -0.05) is 15.9 Å². The molecule has 0 saturated heterocycles. The average molecular weight is 362 g/mol. The highest BCUT2D eigenvalue weighted by Gasteiger charge is 2.14. The lowest BCUT2D eigenvalue weighted by molar-refractivity contribution is 0.844. The number of hydrogen-bond acceptors (Lipinski definition) is 3. The third kappa shape index (κ3) is 1.54. The molecule has 3 aromatic rings. The molecule has 0 N–H and O–H groups in total. The number of rotatable bonds is 2. The quantitative estimate of drug-likeness (QED) is 0.657. The van der Waals surface area contributed by atoms with Crippen molar-refractivity contribution in [3.05, 3.63) is 34.1 Å². The van der Waals surface area contributed by atoms with Crippen molar-refractivity contribution in [2.24, 2.45) is 0 Å². The molecule has 7 heteroatoms. The average Bonchev–Trinajstić information content (AvgIpc) is 2.90. The largest absolute Gasteiger partial charge is 0.292 e. The van der Waals surface area contributed by atoms with Crippen LogP contribution in [0.25, 0.3) is 10.8 Å². The van der Waals surface area contributed by atoms with E-state index < -0.39 is 0 Å². The summed E-state index contributed by atoms with van der Waals surface area (Å²) in [5.41, 5.74) is 1.10. The Kier molecular flexibility index (Phi) is 2.61. The molecule has 0 aliphatic carbocycles. The Morgan fingerprint density at radius 3 is 3.00 bits per heavy atom. The summed E-state index contributed by atoms with van der Waals surface area (Å²) in [5, 5.41) is 7.02. The van der Waals surface area contributed by atoms with Crippen molar-refractivity contribution in [2.75, 3.05) is 0 Å². The van der Waals surface area contributed by atoms with Gasteiger partial charge in [0.25, 0.3) is 0 Å². The Morgan fingerprint density at radius 1 is 1.44 bits per heavy atom. The predicted molar refractivity (Wildman–Crippen MR) is 70.5 cm³/mol. The molecular formula is C9H6Br2N4S. The summed E-state index contributed by atoms with van der Waals surface area (Å²) in [6.07, 6.45) is 5.68. The smallest absolute Gasteiger partial charge is 0.195 e. The molecular weight excluding hydrogens is 356 g/mol. The van der Waals surface area contributed by atoms with Gasteiger partial charge in [0.2, 0.25) is 0 Å². The summed E-state index contributed by atoms with van der Waals surface area (Å²) in [6.45, 7) is 0. The summed E-state index contributed by atoms with van der Waals surface area (Å²) >= 11 is 8.49. The van der Waals surface area contributed by atoms with Gasteiger partial charge in [0, 0.05) is 23.1 Å². The van der Waals surface area contributed by atoms with Crippen molar-refractivity contribution in [3.8, 4) is 5.82 Å². The standard InChI is InChI=1S/C9H6Br2N4S/c10-3-7-8(15-5-6(11)4-12-15)13-9-14(7)1-2-16-9/h1-2,4-5H,3H2. The molecule has 0 aromatic carbocycles. The Hall–Kier alpha value is -0.660. The Morgan fingerprint density at radius 2 is 2.31 bits per heavy atom. The second-order valence-electron chi connectivity index (χ2n) is 3.17. The Bertz CT molecular complexity index is 639. The number of aromatic nitrogens is 4. The van der Waals surface area contributed by atoms with Crippen LogP contribution < -0.4 is 0 Å². The van der Waals surface area contributed by atoms with E-state index in [0.29, 0.717) is 0 Å². The minimum Gasteiger partial charge on any atom is -0.292 e. The van der Waals surface area contributed by atoms with Crippen LogP contribution in [-0.4, -0.2) is 19.2 Å². The summed E-state index contributed by atoms with van der Waals surface area (Å²) in [4.78, 5) is 5.54. The first kappa shape index (κ1) is 10.5. The van der Waals surface area contributed by atoms with E-state index in [1.807, 2.05) is 17.8 Å². The van der Waals surface area contributed by atoms with Gasteiger partial charge < -0.3 is 0 Å². The van der Waals surface area contributed by atoms with Crippen LogP contribution >= 0.6 is 43.2 Å². The van der Waals surface area contributed by atoms with Gasteiger partial charge in [0.05, 0.1) is 16.4 Å². The molecule has 3 rings (SSSR count). The van der Waals surface area contributed by atoms with Crippen LogP contribution in [0.1, 0.15) is 5.69 Å². The van der Waals surface area contributed by atoms with Gasteiger partial charge in [-0.05, 0) is 15.9 Å². The van der Waals surface area contributed by atoms with Crippen LogP contribution in [0.15, 0.2) is 28.4 Å². The zero-order valence-corrected chi connectivity index (χ0v) is 12.0. The van der Waals surface area contributed by atoms with E-state index in [1.165, 1.54) is 0 Å². The lowest BCUT2D eigenvalue weighted by Crippen LogP contribution is -1.99. The third-order valence-electron chi connectivity index (χ3n) is 2.23. The van der Waals surface area contributed by atoms with Gasteiger partial charge in [-0.15, -0.1) is 11.3 Å². The molecule has 16 heavy (non-hydrogen) atoms. The number of alkyl halides is 1. The highest BCUT2D eigenvalue weighted by molar-refractivity contribution is 9.10. The number of thiazole rings is 1. The summed E-state index contributed by atoms with van der Waals surface area (Å²) in [5.74, 6) is 0.870. The molecule has 0 aliphatic rings. The zero-order chi connectivity index (χ0) is 11.1. The van der Waals surface area contributed by atoms with Crippen LogP contribution in [0.2, 0.25) is 0 Å². The van der Waals surface area contributed by atoms with Crippen molar-refractivity contribution in [3.63, 3.8) is 0 Å². The molecule has 0 aliphatic heterocycles. The minimum atomic E-state index is 0.748. The first-order chi connectivity index (χ1) is 7.79. The molecule has 0 fully saturated rings. The first-order valence-corrected chi connectivity index (χ1v) is 7.30. The molecule has 82 valence electrons. The third-order valence-corrected chi connectivity index (χ3v) is 3.93. The molecule has 0 spiro atoms.